The average Bonchev–Trinajstić information content (AvgIpc) is 2.67. The molecule has 2 N–H and O–H groups in total. The Morgan fingerprint density at radius 1 is 1.67 bits per heavy atom. The minimum atomic E-state index is 0.677. The average molecular weight is 169 g/mol. The molecule has 1 aliphatic carbocycles. The summed E-state index contributed by atoms with van der Waals surface area (Å²) in [5, 5.41) is 0. The van der Waals surface area contributed by atoms with Gasteiger partial charge in [-0.3, -0.25) is 4.99 Å². The maximum absolute atomic E-state index is 5.73. The topological polar surface area (TPSA) is 41.6 Å². The number of nitrogens with two attached hydrogens (primary N) is 1. The Kier molecular flexibility index (Phi) is 2.95. The van der Waals surface area contributed by atoms with Gasteiger partial charge >= 0.3 is 0 Å². The Morgan fingerprint density at radius 3 is 2.67 bits per heavy atom. The van der Waals surface area contributed by atoms with Crippen molar-refractivity contribution in [2.75, 3.05) is 20.1 Å². The third kappa shape index (κ3) is 2.40. The molecule has 12 heavy (non-hydrogen) atoms. The highest BCUT2D eigenvalue weighted by Gasteiger charge is 2.33. The Morgan fingerprint density at radius 2 is 2.25 bits per heavy atom. The van der Waals surface area contributed by atoms with Crippen LogP contribution in [0.2, 0.25) is 0 Å². The van der Waals surface area contributed by atoms with Crippen molar-refractivity contribution in [3.63, 3.8) is 0 Å². The van der Waals surface area contributed by atoms with Crippen LogP contribution in [-0.2, 0) is 0 Å². The molecule has 0 aromatic carbocycles. The molecule has 1 aliphatic rings. The normalized spacial score (nSPS) is 28.8. The summed E-state index contributed by atoms with van der Waals surface area (Å²) >= 11 is 0. The van der Waals surface area contributed by atoms with E-state index in [1.54, 1.807) is 0 Å². The van der Waals surface area contributed by atoms with Crippen molar-refractivity contribution in [1.82, 2.24) is 4.90 Å². The molecule has 1 saturated carbocycles. The Bertz CT molecular complexity index is 177. The molecule has 3 nitrogen and oxygen atoms in total. The summed E-state index contributed by atoms with van der Waals surface area (Å²) in [7, 11) is 2.01. The lowest BCUT2D eigenvalue weighted by atomic mass is 10.3. The SMILES string of the molecule is CCN=C(N)N(C)CC1CC1C. The van der Waals surface area contributed by atoms with Crippen molar-refractivity contribution in [2.45, 2.75) is 20.3 Å². The van der Waals surface area contributed by atoms with E-state index in [2.05, 4.69) is 16.8 Å². The number of hydrogen-bond acceptors (Lipinski definition) is 1. The molecule has 0 saturated heterocycles. The van der Waals surface area contributed by atoms with Crippen LogP contribution in [0.5, 0.6) is 0 Å². The number of nitrogens with zero attached hydrogens (tertiary/aromatic N) is 2. The Labute approximate surface area is 74.6 Å². The van der Waals surface area contributed by atoms with E-state index < -0.39 is 0 Å². The molecule has 1 fully saturated rings. The van der Waals surface area contributed by atoms with Gasteiger partial charge in [-0.1, -0.05) is 6.92 Å². The minimum absolute atomic E-state index is 0.677. The molecule has 2 unspecified atom stereocenters. The first-order valence-corrected chi connectivity index (χ1v) is 4.66. The van der Waals surface area contributed by atoms with Crippen LogP contribution in [0.4, 0.5) is 0 Å². The van der Waals surface area contributed by atoms with Crippen molar-refractivity contribution < 1.29 is 0 Å². The zero-order valence-electron chi connectivity index (χ0n) is 8.25. The summed E-state index contributed by atoms with van der Waals surface area (Å²) in [6.45, 7) is 6.12. The van der Waals surface area contributed by atoms with Gasteiger partial charge in [0, 0.05) is 20.1 Å². The third-order valence-corrected chi connectivity index (χ3v) is 2.50. The fourth-order valence-corrected chi connectivity index (χ4v) is 1.38. The highest BCUT2D eigenvalue weighted by Crippen LogP contribution is 2.37. The van der Waals surface area contributed by atoms with E-state index >= 15 is 0 Å². The lowest BCUT2D eigenvalue weighted by Gasteiger charge is -2.17. The lowest BCUT2D eigenvalue weighted by Crippen LogP contribution is -2.35. The van der Waals surface area contributed by atoms with Crippen molar-refractivity contribution in [3.8, 4) is 0 Å². The molecule has 1 rings (SSSR count). The smallest absolute Gasteiger partial charge is 0.190 e. The van der Waals surface area contributed by atoms with Gasteiger partial charge in [-0.05, 0) is 25.2 Å². The van der Waals surface area contributed by atoms with Crippen LogP contribution in [0.3, 0.4) is 0 Å². The molecule has 0 spiro atoms. The summed E-state index contributed by atoms with van der Waals surface area (Å²) in [5.41, 5.74) is 5.73. The van der Waals surface area contributed by atoms with Crippen molar-refractivity contribution in [1.29, 1.82) is 0 Å². The monoisotopic (exact) mass is 169 g/mol. The largest absolute Gasteiger partial charge is 0.370 e. The quantitative estimate of drug-likeness (QED) is 0.504. The van der Waals surface area contributed by atoms with E-state index in [0.29, 0.717) is 5.96 Å². The molecule has 0 heterocycles. The first-order valence-electron chi connectivity index (χ1n) is 4.66. The van der Waals surface area contributed by atoms with E-state index in [-0.39, 0.29) is 0 Å². The zero-order valence-corrected chi connectivity index (χ0v) is 8.25. The van der Waals surface area contributed by atoms with Crippen molar-refractivity contribution in [2.24, 2.45) is 22.6 Å². The maximum atomic E-state index is 5.73. The van der Waals surface area contributed by atoms with Gasteiger partial charge in [-0.25, -0.2) is 0 Å². The van der Waals surface area contributed by atoms with Crippen LogP contribution < -0.4 is 5.73 Å². The lowest BCUT2D eigenvalue weighted by molar-refractivity contribution is 0.456. The van der Waals surface area contributed by atoms with Gasteiger partial charge < -0.3 is 10.6 Å². The van der Waals surface area contributed by atoms with E-state index in [4.69, 9.17) is 5.73 Å². The molecule has 70 valence electrons. The molecule has 0 aromatic rings. The van der Waals surface area contributed by atoms with Crippen molar-refractivity contribution >= 4 is 5.96 Å². The summed E-state index contributed by atoms with van der Waals surface area (Å²) in [6.07, 6.45) is 1.35. The van der Waals surface area contributed by atoms with E-state index in [1.807, 2.05) is 14.0 Å². The van der Waals surface area contributed by atoms with Gasteiger partial charge in [0.25, 0.3) is 0 Å². The number of hydrogen-bond donors (Lipinski definition) is 1. The van der Waals surface area contributed by atoms with Crippen LogP contribution in [0, 0.1) is 11.8 Å². The fraction of sp³-hybridized carbons (Fsp3) is 0.889. The van der Waals surface area contributed by atoms with Crippen LogP contribution in [-0.4, -0.2) is 31.0 Å². The van der Waals surface area contributed by atoms with Gasteiger partial charge in [-0.15, -0.1) is 0 Å². The van der Waals surface area contributed by atoms with Gasteiger partial charge in [0.15, 0.2) is 5.96 Å². The summed E-state index contributed by atoms with van der Waals surface area (Å²) in [5.74, 6) is 2.42. The van der Waals surface area contributed by atoms with E-state index in [0.717, 1.165) is 24.9 Å². The summed E-state index contributed by atoms with van der Waals surface area (Å²) in [6, 6.07) is 0. The number of rotatable bonds is 3. The fourth-order valence-electron chi connectivity index (χ4n) is 1.38. The molecule has 0 amide bonds. The maximum Gasteiger partial charge on any atom is 0.190 e. The van der Waals surface area contributed by atoms with Gasteiger partial charge in [-0.2, -0.15) is 0 Å². The molecule has 2 atom stereocenters. The van der Waals surface area contributed by atoms with Crippen LogP contribution in [0.1, 0.15) is 20.3 Å². The standard InChI is InChI=1S/C9H19N3/c1-4-11-9(10)12(3)6-8-5-7(8)2/h7-8H,4-6H2,1-3H3,(H2,10,11). The van der Waals surface area contributed by atoms with Crippen LogP contribution >= 0.6 is 0 Å². The minimum Gasteiger partial charge on any atom is -0.370 e. The summed E-state index contributed by atoms with van der Waals surface area (Å²) < 4.78 is 0. The van der Waals surface area contributed by atoms with Gasteiger partial charge in [0.2, 0.25) is 0 Å². The third-order valence-electron chi connectivity index (χ3n) is 2.50. The van der Waals surface area contributed by atoms with E-state index in [9.17, 15) is 0 Å². The zero-order chi connectivity index (χ0) is 9.14. The van der Waals surface area contributed by atoms with E-state index in [1.165, 1.54) is 6.42 Å². The first kappa shape index (κ1) is 9.36. The predicted octanol–water partition coefficient (Wildman–Crippen LogP) is 0.909. The molecule has 3 heteroatoms. The Hall–Kier alpha value is -0.730. The second-order valence-electron chi connectivity index (χ2n) is 3.69. The van der Waals surface area contributed by atoms with Gasteiger partial charge in [0.05, 0.1) is 0 Å². The Balaban J connectivity index is 2.27. The molecule has 0 bridgehead atoms. The summed E-state index contributed by atoms with van der Waals surface area (Å²) in [4.78, 5) is 6.20. The van der Waals surface area contributed by atoms with Crippen molar-refractivity contribution in [3.05, 3.63) is 0 Å². The van der Waals surface area contributed by atoms with Gasteiger partial charge in [0.1, 0.15) is 0 Å². The second-order valence-corrected chi connectivity index (χ2v) is 3.69. The predicted molar refractivity (Wildman–Crippen MR) is 52.1 cm³/mol. The molecule has 0 aliphatic heterocycles. The second kappa shape index (κ2) is 3.78. The number of aliphatic imine (C=N–C) groups is 1. The number of guanidine groups is 1. The molecular weight excluding hydrogens is 150 g/mol. The van der Waals surface area contributed by atoms with Crippen LogP contribution in [0.25, 0.3) is 0 Å². The first-order chi connectivity index (χ1) is 5.65. The molecular formula is C9H19N3. The molecule has 0 aromatic heterocycles. The van der Waals surface area contributed by atoms with Crippen LogP contribution in [0.15, 0.2) is 4.99 Å². The highest BCUT2D eigenvalue weighted by molar-refractivity contribution is 5.77. The molecule has 0 radical (unpaired) electrons. The highest BCUT2D eigenvalue weighted by atomic mass is 15.2.